The summed E-state index contributed by atoms with van der Waals surface area (Å²) in [6, 6.07) is 18.3. The molecule has 1 heterocycles. The fraction of sp³-hybridized carbons (Fsp3) is 0.353. The quantitative estimate of drug-likeness (QED) is 0.225. The van der Waals surface area contributed by atoms with Crippen LogP contribution in [0.2, 0.25) is 0 Å². The lowest BCUT2D eigenvalue weighted by Gasteiger charge is -2.59. The number of carbonyl (C=O) groups is 3. The second-order valence-electron chi connectivity index (χ2n) is 12.2. The van der Waals surface area contributed by atoms with E-state index in [1.165, 1.54) is 6.42 Å². The van der Waals surface area contributed by atoms with Gasteiger partial charge in [-0.25, -0.2) is 9.48 Å². The lowest BCUT2D eigenvalue weighted by Crippen LogP contribution is -2.70. The minimum atomic E-state index is -1.31. The first-order valence-corrected chi connectivity index (χ1v) is 15.0. The summed E-state index contributed by atoms with van der Waals surface area (Å²) in [6.07, 6.45) is 5.09. The molecule has 10 heteroatoms. The molecule has 0 atom stereocenters. The Morgan fingerprint density at radius 2 is 1.55 bits per heavy atom. The predicted octanol–water partition coefficient (Wildman–Crippen LogP) is 5.29. The summed E-state index contributed by atoms with van der Waals surface area (Å²) in [5.41, 5.74) is 1.17. The number of fused-ring (bicyclic) bond motifs is 1. The van der Waals surface area contributed by atoms with Gasteiger partial charge in [-0.05, 0) is 86.1 Å². The normalized spacial score (nSPS) is 25.0. The maximum absolute atomic E-state index is 14.1. The number of carbonyl (C=O) groups excluding carboxylic acids is 2. The van der Waals surface area contributed by atoms with Crippen molar-refractivity contribution in [1.82, 2.24) is 15.1 Å². The Morgan fingerprint density at radius 1 is 0.909 bits per heavy atom. The van der Waals surface area contributed by atoms with Crippen molar-refractivity contribution in [2.24, 2.45) is 23.7 Å². The van der Waals surface area contributed by atoms with Crippen LogP contribution in [0.4, 0.5) is 5.69 Å². The number of aromatic nitrogens is 2. The van der Waals surface area contributed by atoms with Crippen molar-refractivity contribution in [1.29, 1.82) is 0 Å². The predicted molar refractivity (Wildman–Crippen MR) is 164 cm³/mol. The van der Waals surface area contributed by atoms with Gasteiger partial charge in [-0.2, -0.15) is 5.10 Å². The molecular weight excluding hydrogens is 560 g/mol. The van der Waals surface area contributed by atoms with E-state index < -0.39 is 17.4 Å². The zero-order chi connectivity index (χ0) is 30.6. The summed E-state index contributed by atoms with van der Waals surface area (Å²) < 4.78 is 13.1. The highest BCUT2D eigenvalue weighted by Gasteiger charge is 2.62. The van der Waals surface area contributed by atoms with Crippen LogP contribution < -0.4 is 20.1 Å². The lowest BCUT2D eigenvalue weighted by molar-refractivity contribution is -0.163. The van der Waals surface area contributed by atoms with Crippen LogP contribution in [0, 0.1) is 23.7 Å². The minimum Gasteiger partial charge on any atom is -0.496 e. The average molecular weight is 595 g/mol. The first-order valence-electron chi connectivity index (χ1n) is 15.0. The molecule has 44 heavy (non-hydrogen) atoms. The molecule has 0 radical (unpaired) electrons. The molecule has 4 saturated carbocycles. The number of carboxylic acid groups (broad SMARTS) is 1. The maximum Gasteiger partial charge on any atom is 0.330 e. The first kappa shape index (κ1) is 27.9. The van der Waals surface area contributed by atoms with Gasteiger partial charge in [-0.3, -0.25) is 9.59 Å². The highest BCUT2D eigenvalue weighted by Crippen LogP contribution is 2.58. The maximum atomic E-state index is 14.1. The van der Waals surface area contributed by atoms with Gasteiger partial charge < -0.3 is 25.2 Å². The Hall–Kier alpha value is -4.86. The van der Waals surface area contributed by atoms with E-state index in [0.29, 0.717) is 52.4 Å². The fourth-order valence-corrected chi connectivity index (χ4v) is 8.40. The Kier molecular flexibility index (Phi) is 6.79. The molecule has 4 fully saturated rings. The molecule has 4 aliphatic rings. The number of methoxy groups -OCH3 is 2. The molecule has 0 saturated heterocycles. The van der Waals surface area contributed by atoms with Crippen molar-refractivity contribution in [2.75, 3.05) is 19.5 Å². The van der Waals surface area contributed by atoms with Crippen LogP contribution in [0.5, 0.6) is 11.5 Å². The molecule has 4 bridgehead atoms. The molecule has 0 aliphatic heterocycles. The number of rotatable bonds is 9. The van der Waals surface area contributed by atoms with Crippen LogP contribution in [0.25, 0.3) is 27.7 Å². The smallest absolute Gasteiger partial charge is 0.330 e. The number of carboxylic acids is 1. The molecule has 4 aromatic rings. The molecule has 1 aromatic heterocycles. The van der Waals surface area contributed by atoms with E-state index >= 15 is 0 Å². The molecule has 2 amide bonds. The van der Waals surface area contributed by atoms with Crippen LogP contribution in [-0.2, 0) is 9.59 Å². The van der Waals surface area contributed by atoms with Crippen LogP contribution in [0.1, 0.15) is 42.6 Å². The topological polar surface area (TPSA) is 132 Å². The van der Waals surface area contributed by atoms with Gasteiger partial charge in [0, 0.05) is 16.5 Å². The Bertz CT molecular complexity index is 1750. The Labute approximate surface area is 254 Å². The van der Waals surface area contributed by atoms with E-state index in [1.807, 2.05) is 36.4 Å². The zero-order valence-corrected chi connectivity index (χ0v) is 24.6. The van der Waals surface area contributed by atoms with Crippen molar-refractivity contribution in [2.45, 2.75) is 37.6 Å². The highest BCUT2D eigenvalue weighted by atomic mass is 16.5. The van der Waals surface area contributed by atoms with E-state index in [2.05, 4.69) is 10.6 Å². The summed E-state index contributed by atoms with van der Waals surface area (Å²) in [5.74, 6) is 0.419. The number of anilines is 1. The molecule has 8 rings (SSSR count). The number of ether oxygens (including phenoxy) is 2. The molecule has 10 nitrogen and oxygen atoms in total. The molecular formula is C34H34N4O6. The van der Waals surface area contributed by atoms with Crippen molar-refractivity contribution >= 4 is 34.7 Å². The van der Waals surface area contributed by atoms with Crippen LogP contribution in [0.15, 0.2) is 60.7 Å². The van der Waals surface area contributed by atoms with Gasteiger partial charge in [0.2, 0.25) is 6.41 Å². The van der Waals surface area contributed by atoms with Gasteiger partial charge in [0.05, 0.1) is 31.2 Å². The van der Waals surface area contributed by atoms with Crippen molar-refractivity contribution < 1.29 is 29.0 Å². The van der Waals surface area contributed by atoms with Crippen molar-refractivity contribution in [3.63, 3.8) is 0 Å². The Balaban J connectivity index is 1.39. The second kappa shape index (κ2) is 10.7. The molecule has 4 aliphatic carbocycles. The van der Waals surface area contributed by atoms with E-state index in [-0.39, 0.29) is 17.5 Å². The van der Waals surface area contributed by atoms with Gasteiger partial charge in [0.15, 0.2) is 5.69 Å². The van der Waals surface area contributed by atoms with E-state index in [1.54, 1.807) is 43.2 Å². The van der Waals surface area contributed by atoms with Gasteiger partial charge in [-0.15, -0.1) is 0 Å². The van der Waals surface area contributed by atoms with Crippen molar-refractivity contribution in [3.05, 3.63) is 66.4 Å². The fourth-order valence-electron chi connectivity index (χ4n) is 8.40. The summed E-state index contributed by atoms with van der Waals surface area (Å²) in [5, 5.41) is 22.8. The Morgan fingerprint density at radius 3 is 2.14 bits per heavy atom. The number of amides is 2. The third-order valence-electron chi connectivity index (χ3n) is 10.1. The van der Waals surface area contributed by atoms with E-state index in [9.17, 15) is 19.5 Å². The summed E-state index contributed by atoms with van der Waals surface area (Å²) in [4.78, 5) is 38.4. The van der Waals surface area contributed by atoms with Gasteiger partial charge in [-0.1, -0.05) is 30.3 Å². The molecule has 226 valence electrons. The summed E-state index contributed by atoms with van der Waals surface area (Å²) >= 11 is 0. The molecule has 3 N–H and O–H groups in total. The average Bonchev–Trinajstić information content (AvgIpc) is 3.47. The van der Waals surface area contributed by atoms with Gasteiger partial charge in [0.25, 0.3) is 5.91 Å². The summed E-state index contributed by atoms with van der Waals surface area (Å²) in [6.45, 7) is 0. The first-order chi connectivity index (χ1) is 21.4. The molecule has 0 spiro atoms. The van der Waals surface area contributed by atoms with E-state index in [0.717, 1.165) is 36.5 Å². The minimum absolute atomic E-state index is 0.0848. The molecule has 3 aromatic carbocycles. The van der Waals surface area contributed by atoms with Crippen LogP contribution in [0.3, 0.4) is 0 Å². The zero-order valence-electron chi connectivity index (χ0n) is 24.6. The van der Waals surface area contributed by atoms with Gasteiger partial charge in [0.1, 0.15) is 17.0 Å². The number of benzene rings is 3. The second-order valence-corrected chi connectivity index (χ2v) is 12.2. The SMILES string of the molecule is COc1cccc(OC)c1-c1cc(C(=O)NC2(C(=O)O)C3CC4CC(C3)CC2C4)nn1-c1ccc(NC=O)c2ccccc12. The van der Waals surface area contributed by atoms with Gasteiger partial charge >= 0.3 is 5.97 Å². The monoisotopic (exact) mass is 594 g/mol. The van der Waals surface area contributed by atoms with Crippen LogP contribution in [-0.4, -0.2) is 52.9 Å². The van der Waals surface area contributed by atoms with Crippen LogP contribution >= 0.6 is 0 Å². The standard InChI is InChI=1S/C34H34N4O6/c1-43-29-8-5-9-30(44-2)31(29)28-17-26(37-38(28)27-11-10-25(35-18-39)23-6-3-4-7-24(23)27)32(40)36-34(33(41)42)21-13-19-12-20(15-21)16-22(34)14-19/h3-11,17-22H,12-16H2,1-2H3,(H,35,39)(H,36,40)(H,41,42). The molecule has 0 unspecified atom stereocenters. The number of hydrogen-bond acceptors (Lipinski definition) is 6. The third-order valence-corrected chi connectivity index (χ3v) is 10.1. The number of aliphatic carboxylic acids is 1. The summed E-state index contributed by atoms with van der Waals surface area (Å²) in [7, 11) is 3.12. The number of hydrogen-bond donors (Lipinski definition) is 3. The third kappa shape index (κ3) is 4.23. The largest absolute Gasteiger partial charge is 0.496 e. The number of nitrogens with zero attached hydrogens (tertiary/aromatic N) is 2. The lowest BCUT2D eigenvalue weighted by atomic mass is 9.48. The van der Waals surface area contributed by atoms with E-state index in [4.69, 9.17) is 14.6 Å². The highest BCUT2D eigenvalue weighted by molar-refractivity contribution is 6.03. The number of nitrogens with one attached hydrogen (secondary N) is 2. The van der Waals surface area contributed by atoms with Crippen molar-refractivity contribution in [3.8, 4) is 28.4 Å².